The lowest BCUT2D eigenvalue weighted by Crippen LogP contribution is -2.60. The van der Waals surface area contributed by atoms with Gasteiger partial charge in [0.05, 0.1) is 12.1 Å². The van der Waals surface area contributed by atoms with Crippen LogP contribution in [0.1, 0.15) is 47.5 Å². The van der Waals surface area contributed by atoms with Crippen molar-refractivity contribution in [2.24, 2.45) is 17.6 Å². The van der Waals surface area contributed by atoms with Gasteiger partial charge in [-0.25, -0.2) is 4.79 Å². The van der Waals surface area contributed by atoms with Crippen molar-refractivity contribution < 1.29 is 29.4 Å². The summed E-state index contributed by atoms with van der Waals surface area (Å²) in [5.74, 6) is -3.17. The van der Waals surface area contributed by atoms with E-state index in [1.54, 1.807) is 0 Å². The Hall–Kier alpha value is -1.85. The van der Waals surface area contributed by atoms with Crippen LogP contribution in [0.5, 0.6) is 0 Å². The Balaban J connectivity index is 5.40. The summed E-state index contributed by atoms with van der Waals surface area (Å²) < 4.78 is 0. The number of carboxylic acids is 1. The van der Waals surface area contributed by atoms with Gasteiger partial charge in [0, 0.05) is 5.75 Å². The standard InChI is InChI=1S/C19H36N4O6S/c1-9(2)6-13(17(26)22-14(19(28)29)7-10(3)4)21-18(27)15(11(5)24)23-16(25)12(20)8-30/h9-15,24,30H,6-8,20H2,1-5H3,(H,21,27)(H,22,26)(H,23,25)(H,28,29). The molecule has 0 fully saturated rings. The van der Waals surface area contributed by atoms with Gasteiger partial charge in [-0.2, -0.15) is 12.6 Å². The molecule has 174 valence electrons. The summed E-state index contributed by atoms with van der Waals surface area (Å²) in [4.78, 5) is 48.8. The molecular weight excluding hydrogens is 412 g/mol. The number of thiol groups is 1. The fourth-order valence-corrected chi connectivity index (χ4v) is 2.84. The van der Waals surface area contributed by atoms with E-state index in [-0.39, 0.29) is 30.4 Å². The third-order valence-electron chi connectivity index (χ3n) is 4.26. The Morgan fingerprint density at radius 3 is 1.70 bits per heavy atom. The predicted octanol–water partition coefficient (Wildman–Crippen LogP) is -0.744. The van der Waals surface area contributed by atoms with Crippen LogP contribution >= 0.6 is 12.6 Å². The van der Waals surface area contributed by atoms with Crippen LogP contribution in [-0.2, 0) is 19.2 Å². The largest absolute Gasteiger partial charge is 0.480 e. The van der Waals surface area contributed by atoms with Crippen molar-refractivity contribution >= 4 is 36.3 Å². The van der Waals surface area contributed by atoms with Crippen molar-refractivity contribution in [3.63, 3.8) is 0 Å². The number of nitrogens with one attached hydrogen (secondary N) is 3. The van der Waals surface area contributed by atoms with Crippen LogP contribution in [0.3, 0.4) is 0 Å². The maximum absolute atomic E-state index is 12.7. The molecule has 0 saturated carbocycles. The molecule has 0 saturated heterocycles. The van der Waals surface area contributed by atoms with Crippen molar-refractivity contribution in [1.29, 1.82) is 0 Å². The van der Waals surface area contributed by atoms with Crippen molar-refractivity contribution in [3.05, 3.63) is 0 Å². The predicted molar refractivity (Wildman–Crippen MR) is 116 cm³/mol. The van der Waals surface area contributed by atoms with Gasteiger partial charge in [0.25, 0.3) is 0 Å². The maximum Gasteiger partial charge on any atom is 0.326 e. The maximum atomic E-state index is 12.7. The lowest BCUT2D eigenvalue weighted by molar-refractivity contribution is -0.143. The van der Waals surface area contributed by atoms with E-state index in [9.17, 15) is 29.4 Å². The summed E-state index contributed by atoms with van der Waals surface area (Å²) >= 11 is 3.92. The molecule has 10 nitrogen and oxygen atoms in total. The third kappa shape index (κ3) is 10.3. The van der Waals surface area contributed by atoms with Crippen molar-refractivity contribution in [3.8, 4) is 0 Å². The average molecular weight is 449 g/mol. The molecule has 11 heteroatoms. The van der Waals surface area contributed by atoms with Gasteiger partial charge in [0.1, 0.15) is 18.1 Å². The molecule has 0 aliphatic heterocycles. The first-order valence-corrected chi connectivity index (χ1v) is 10.6. The fraction of sp³-hybridized carbons (Fsp3) is 0.789. The lowest BCUT2D eigenvalue weighted by Gasteiger charge is -2.27. The summed E-state index contributed by atoms with van der Waals surface area (Å²) in [7, 11) is 0. The third-order valence-corrected chi connectivity index (χ3v) is 4.65. The molecule has 0 aromatic rings. The van der Waals surface area contributed by atoms with E-state index in [0.29, 0.717) is 0 Å². The van der Waals surface area contributed by atoms with Crippen LogP contribution in [-0.4, -0.2) is 69.9 Å². The first-order valence-electron chi connectivity index (χ1n) is 9.98. The zero-order valence-corrected chi connectivity index (χ0v) is 19.1. The lowest BCUT2D eigenvalue weighted by atomic mass is 10.00. The quantitative estimate of drug-likeness (QED) is 0.182. The Morgan fingerprint density at radius 1 is 0.833 bits per heavy atom. The number of carbonyl (C=O) groups is 4. The Labute approximate surface area is 183 Å². The van der Waals surface area contributed by atoms with Crippen LogP contribution in [0.2, 0.25) is 0 Å². The fourth-order valence-electron chi connectivity index (χ4n) is 2.68. The van der Waals surface area contributed by atoms with E-state index in [0.717, 1.165) is 0 Å². The van der Waals surface area contributed by atoms with Gasteiger partial charge >= 0.3 is 5.97 Å². The molecule has 0 spiro atoms. The minimum Gasteiger partial charge on any atom is -0.480 e. The number of rotatable bonds is 13. The molecule has 0 heterocycles. The first-order chi connectivity index (χ1) is 13.8. The van der Waals surface area contributed by atoms with Gasteiger partial charge in [-0.3, -0.25) is 14.4 Å². The molecule has 0 aliphatic carbocycles. The Kier molecular flexibility index (Phi) is 12.6. The highest BCUT2D eigenvalue weighted by atomic mass is 32.1. The number of carbonyl (C=O) groups excluding carboxylic acids is 3. The Morgan fingerprint density at radius 2 is 1.30 bits per heavy atom. The molecule has 0 aliphatic rings. The van der Waals surface area contributed by atoms with Gasteiger partial charge < -0.3 is 31.9 Å². The number of aliphatic hydroxyl groups is 1. The second-order valence-electron chi connectivity index (χ2n) is 8.24. The number of aliphatic carboxylic acids is 1. The molecule has 0 aromatic heterocycles. The average Bonchev–Trinajstić information content (AvgIpc) is 2.62. The highest BCUT2D eigenvalue weighted by molar-refractivity contribution is 7.80. The van der Waals surface area contributed by atoms with Gasteiger partial charge in [-0.15, -0.1) is 0 Å². The summed E-state index contributed by atoms with van der Waals surface area (Å²) in [6, 6.07) is -4.44. The molecular formula is C19H36N4O6S. The molecule has 3 amide bonds. The van der Waals surface area contributed by atoms with Crippen molar-refractivity contribution in [2.45, 2.75) is 77.7 Å². The summed E-state index contributed by atoms with van der Waals surface area (Å²) in [6.07, 6.45) is -0.781. The molecule has 5 atom stereocenters. The topological polar surface area (TPSA) is 171 Å². The second kappa shape index (κ2) is 13.5. The molecule has 0 bridgehead atoms. The minimum absolute atomic E-state index is 0.00613. The van der Waals surface area contributed by atoms with E-state index in [4.69, 9.17) is 5.73 Å². The van der Waals surface area contributed by atoms with Gasteiger partial charge in [-0.05, 0) is 31.6 Å². The number of amides is 3. The SMILES string of the molecule is CC(C)CC(NC(=O)C(CC(C)C)NC(=O)C(NC(=O)C(N)CS)C(C)O)C(=O)O. The van der Waals surface area contributed by atoms with Crippen LogP contribution in [0.4, 0.5) is 0 Å². The van der Waals surface area contributed by atoms with E-state index in [1.807, 2.05) is 27.7 Å². The van der Waals surface area contributed by atoms with Crippen LogP contribution in [0.15, 0.2) is 0 Å². The normalized spacial score (nSPS) is 16.3. The number of hydrogen-bond acceptors (Lipinski definition) is 7. The van der Waals surface area contributed by atoms with E-state index < -0.39 is 54.0 Å². The van der Waals surface area contributed by atoms with E-state index >= 15 is 0 Å². The first kappa shape index (κ1) is 28.1. The number of nitrogens with two attached hydrogens (primary N) is 1. The van der Waals surface area contributed by atoms with Crippen LogP contribution < -0.4 is 21.7 Å². The van der Waals surface area contributed by atoms with Crippen LogP contribution in [0.25, 0.3) is 0 Å². The summed E-state index contributed by atoms with van der Waals surface area (Å²) in [5, 5.41) is 26.6. The zero-order chi connectivity index (χ0) is 23.6. The molecule has 30 heavy (non-hydrogen) atoms. The second-order valence-corrected chi connectivity index (χ2v) is 8.60. The van der Waals surface area contributed by atoms with Crippen molar-refractivity contribution in [1.82, 2.24) is 16.0 Å². The van der Waals surface area contributed by atoms with Crippen molar-refractivity contribution in [2.75, 3.05) is 5.75 Å². The summed E-state index contributed by atoms with van der Waals surface area (Å²) in [6.45, 7) is 8.67. The summed E-state index contributed by atoms with van der Waals surface area (Å²) in [5.41, 5.74) is 5.58. The molecule has 7 N–H and O–H groups in total. The number of carboxylic acid groups (broad SMARTS) is 1. The highest BCUT2D eigenvalue weighted by Gasteiger charge is 2.32. The van der Waals surface area contributed by atoms with E-state index in [1.165, 1.54) is 6.92 Å². The number of hydrogen-bond donors (Lipinski definition) is 7. The smallest absolute Gasteiger partial charge is 0.326 e. The minimum atomic E-state index is -1.34. The van der Waals surface area contributed by atoms with E-state index in [2.05, 4.69) is 28.6 Å². The Bertz CT molecular complexity index is 600. The number of aliphatic hydroxyl groups excluding tert-OH is 1. The molecule has 0 aromatic carbocycles. The zero-order valence-electron chi connectivity index (χ0n) is 18.2. The molecule has 5 unspecified atom stereocenters. The van der Waals surface area contributed by atoms with Crippen LogP contribution in [0, 0.1) is 11.8 Å². The van der Waals surface area contributed by atoms with Gasteiger partial charge in [-0.1, -0.05) is 27.7 Å². The molecule has 0 rings (SSSR count). The van der Waals surface area contributed by atoms with Gasteiger partial charge in [0.2, 0.25) is 17.7 Å². The highest BCUT2D eigenvalue weighted by Crippen LogP contribution is 2.09. The molecule has 0 radical (unpaired) electrons. The van der Waals surface area contributed by atoms with Gasteiger partial charge in [0.15, 0.2) is 0 Å². The monoisotopic (exact) mass is 448 g/mol.